The highest BCUT2D eigenvalue weighted by Gasteiger charge is 2.48. The molecular formula is C12H14F2N2OS. The van der Waals surface area contributed by atoms with E-state index in [2.05, 4.69) is 5.32 Å². The molecule has 0 heterocycles. The summed E-state index contributed by atoms with van der Waals surface area (Å²) in [6.45, 7) is 0.345. The molecule has 3 N–H and O–H groups in total. The van der Waals surface area contributed by atoms with Gasteiger partial charge < -0.3 is 11.1 Å². The molecule has 1 aliphatic rings. The summed E-state index contributed by atoms with van der Waals surface area (Å²) in [5.74, 6) is -2.52. The molecule has 6 heteroatoms. The van der Waals surface area contributed by atoms with Gasteiger partial charge in [0.25, 0.3) is 5.76 Å². The molecule has 0 unspecified atom stereocenters. The maximum Gasteiger partial charge on any atom is 0.288 e. The molecule has 1 fully saturated rings. The number of amides is 1. The summed E-state index contributed by atoms with van der Waals surface area (Å²) in [5, 5.41) is 2.76. The van der Waals surface area contributed by atoms with Crippen LogP contribution in [0.1, 0.15) is 12.8 Å². The van der Waals surface area contributed by atoms with Crippen LogP contribution in [0.15, 0.2) is 29.2 Å². The van der Waals surface area contributed by atoms with Crippen molar-refractivity contribution >= 4 is 23.4 Å². The summed E-state index contributed by atoms with van der Waals surface area (Å²) in [4.78, 5) is 12.3. The van der Waals surface area contributed by atoms with Crippen molar-refractivity contribution in [1.29, 1.82) is 0 Å². The number of benzene rings is 1. The van der Waals surface area contributed by atoms with E-state index in [1.807, 2.05) is 0 Å². The Balaban J connectivity index is 1.96. The van der Waals surface area contributed by atoms with E-state index in [4.69, 9.17) is 5.73 Å². The first-order valence-corrected chi connectivity index (χ1v) is 6.50. The number of carbonyl (C=O) groups excluding carboxylic acids is 1. The van der Waals surface area contributed by atoms with E-state index in [0.717, 1.165) is 12.8 Å². The first-order chi connectivity index (χ1) is 8.55. The first-order valence-electron chi connectivity index (χ1n) is 5.62. The molecule has 3 nitrogen and oxygen atoms in total. The lowest BCUT2D eigenvalue weighted by atomic mass is 10.1. The molecule has 0 aliphatic heterocycles. The Labute approximate surface area is 108 Å². The predicted octanol–water partition coefficient (Wildman–Crippen LogP) is 2.68. The van der Waals surface area contributed by atoms with E-state index in [1.165, 1.54) is 0 Å². The van der Waals surface area contributed by atoms with Gasteiger partial charge in [-0.2, -0.15) is 8.78 Å². The van der Waals surface area contributed by atoms with Crippen LogP contribution in [-0.2, 0) is 4.79 Å². The van der Waals surface area contributed by atoms with Crippen LogP contribution in [0.2, 0.25) is 0 Å². The molecule has 1 amide bonds. The number of halogens is 2. The van der Waals surface area contributed by atoms with Gasteiger partial charge in [-0.1, -0.05) is 11.8 Å². The number of nitrogens with two attached hydrogens (primary N) is 1. The van der Waals surface area contributed by atoms with Crippen LogP contribution >= 0.6 is 11.8 Å². The van der Waals surface area contributed by atoms with Gasteiger partial charge in [0, 0.05) is 17.1 Å². The Hall–Kier alpha value is -1.14. The number of carbonyl (C=O) groups is 1. The van der Waals surface area contributed by atoms with Crippen molar-refractivity contribution in [3.8, 4) is 0 Å². The maximum absolute atomic E-state index is 12.1. The number of anilines is 1. The highest BCUT2D eigenvalue weighted by Crippen LogP contribution is 2.45. The zero-order valence-electron chi connectivity index (χ0n) is 9.66. The Morgan fingerprint density at radius 3 is 2.44 bits per heavy atom. The second-order valence-corrected chi connectivity index (χ2v) is 5.40. The minimum atomic E-state index is -2.43. The zero-order valence-corrected chi connectivity index (χ0v) is 10.5. The highest BCUT2D eigenvalue weighted by atomic mass is 32.2. The van der Waals surface area contributed by atoms with Crippen LogP contribution < -0.4 is 11.1 Å². The third-order valence-electron chi connectivity index (χ3n) is 3.06. The fourth-order valence-electron chi connectivity index (χ4n) is 1.66. The molecule has 2 rings (SSSR count). The van der Waals surface area contributed by atoms with E-state index < -0.39 is 11.2 Å². The van der Waals surface area contributed by atoms with Crippen molar-refractivity contribution < 1.29 is 13.6 Å². The number of rotatable bonds is 5. The monoisotopic (exact) mass is 272 g/mol. The lowest BCUT2D eigenvalue weighted by molar-refractivity contribution is -0.120. The van der Waals surface area contributed by atoms with Crippen LogP contribution in [0.25, 0.3) is 0 Å². The summed E-state index contributed by atoms with van der Waals surface area (Å²) >= 11 is 0.482. The molecule has 1 aliphatic carbocycles. The molecule has 18 heavy (non-hydrogen) atoms. The van der Waals surface area contributed by atoms with Gasteiger partial charge in [0.2, 0.25) is 5.91 Å². The molecule has 0 aromatic heterocycles. The second kappa shape index (κ2) is 5.24. The number of nitrogens with one attached hydrogen (secondary N) is 1. The number of alkyl halides is 2. The Kier molecular flexibility index (Phi) is 3.87. The van der Waals surface area contributed by atoms with Crippen molar-refractivity contribution in [2.24, 2.45) is 11.1 Å². The number of hydrogen-bond acceptors (Lipinski definition) is 3. The van der Waals surface area contributed by atoms with Gasteiger partial charge in [0.1, 0.15) is 0 Å². The fraction of sp³-hybridized carbons (Fsp3) is 0.417. The Morgan fingerprint density at radius 2 is 2.00 bits per heavy atom. The van der Waals surface area contributed by atoms with E-state index in [1.54, 1.807) is 24.3 Å². The van der Waals surface area contributed by atoms with Crippen molar-refractivity contribution in [3.05, 3.63) is 24.3 Å². The van der Waals surface area contributed by atoms with Crippen LogP contribution in [0.5, 0.6) is 0 Å². The van der Waals surface area contributed by atoms with Crippen molar-refractivity contribution in [1.82, 2.24) is 0 Å². The van der Waals surface area contributed by atoms with Gasteiger partial charge in [0.05, 0.1) is 5.41 Å². The van der Waals surface area contributed by atoms with Gasteiger partial charge in [-0.3, -0.25) is 4.79 Å². The largest absolute Gasteiger partial charge is 0.329 e. The SMILES string of the molecule is NCC1(C(=O)Nc2ccc(SC(F)F)cc2)CC1. The second-order valence-electron chi connectivity index (χ2n) is 4.34. The van der Waals surface area contributed by atoms with Crippen LogP contribution in [0, 0.1) is 5.41 Å². The van der Waals surface area contributed by atoms with E-state index in [9.17, 15) is 13.6 Å². The number of hydrogen-bond donors (Lipinski definition) is 2. The molecule has 1 saturated carbocycles. The Morgan fingerprint density at radius 1 is 1.39 bits per heavy atom. The van der Waals surface area contributed by atoms with Crippen LogP contribution in [-0.4, -0.2) is 18.2 Å². The lowest BCUT2D eigenvalue weighted by Crippen LogP contribution is -2.30. The quantitative estimate of drug-likeness (QED) is 0.810. The molecular weight excluding hydrogens is 258 g/mol. The number of thioether (sulfide) groups is 1. The van der Waals surface area contributed by atoms with Gasteiger partial charge >= 0.3 is 0 Å². The average Bonchev–Trinajstić information content (AvgIpc) is 3.12. The summed E-state index contributed by atoms with van der Waals surface area (Å²) in [5.41, 5.74) is 5.76. The topological polar surface area (TPSA) is 55.1 Å². The van der Waals surface area contributed by atoms with Gasteiger partial charge in [-0.25, -0.2) is 0 Å². The van der Waals surface area contributed by atoms with Crippen molar-refractivity contribution in [3.63, 3.8) is 0 Å². The van der Waals surface area contributed by atoms with Gasteiger partial charge in [-0.05, 0) is 37.1 Å². The van der Waals surface area contributed by atoms with E-state index in [-0.39, 0.29) is 5.91 Å². The molecule has 0 atom stereocenters. The summed E-state index contributed by atoms with van der Waals surface area (Å²) in [6.07, 6.45) is 1.63. The molecule has 0 radical (unpaired) electrons. The van der Waals surface area contributed by atoms with Crippen molar-refractivity contribution in [2.45, 2.75) is 23.5 Å². The predicted molar refractivity (Wildman–Crippen MR) is 67.7 cm³/mol. The van der Waals surface area contributed by atoms with Crippen LogP contribution in [0.3, 0.4) is 0 Å². The van der Waals surface area contributed by atoms with Gasteiger partial charge in [0.15, 0.2) is 0 Å². The minimum Gasteiger partial charge on any atom is -0.329 e. The fourth-order valence-corrected chi connectivity index (χ4v) is 2.16. The lowest BCUT2D eigenvalue weighted by Gasteiger charge is -2.12. The molecule has 0 saturated heterocycles. The normalized spacial score (nSPS) is 16.7. The Bertz CT molecular complexity index is 432. The third kappa shape index (κ3) is 3.00. The molecule has 1 aromatic rings. The smallest absolute Gasteiger partial charge is 0.288 e. The van der Waals surface area contributed by atoms with Crippen LogP contribution in [0.4, 0.5) is 14.5 Å². The molecule has 98 valence electrons. The molecule has 0 bridgehead atoms. The summed E-state index contributed by atoms with van der Waals surface area (Å²) in [6, 6.07) is 6.37. The minimum absolute atomic E-state index is 0.0840. The molecule has 0 spiro atoms. The standard InChI is InChI=1S/C12H14F2N2OS/c13-11(14)18-9-3-1-8(2-4-9)16-10(17)12(7-15)5-6-12/h1-4,11H,5-7,15H2,(H,16,17). The maximum atomic E-state index is 12.1. The van der Waals surface area contributed by atoms with E-state index >= 15 is 0 Å². The first kappa shape index (κ1) is 13.3. The van der Waals surface area contributed by atoms with Gasteiger partial charge in [-0.15, -0.1) is 0 Å². The average molecular weight is 272 g/mol. The summed E-state index contributed by atoms with van der Waals surface area (Å²) < 4.78 is 24.2. The zero-order chi connectivity index (χ0) is 13.2. The van der Waals surface area contributed by atoms with E-state index in [0.29, 0.717) is 28.9 Å². The third-order valence-corrected chi connectivity index (χ3v) is 3.79. The highest BCUT2D eigenvalue weighted by molar-refractivity contribution is 7.99. The summed E-state index contributed by atoms with van der Waals surface area (Å²) in [7, 11) is 0. The molecule has 1 aromatic carbocycles. The van der Waals surface area contributed by atoms with Crippen molar-refractivity contribution in [2.75, 3.05) is 11.9 Å².